The van der Waals surface area contributed by atoms with Crippen LogP contribution in [0.15, 0.2) is 23.2 Å². The third kappa shape index (κ3) is 6.68. The van der Waals surface area contributed by atoms with Gasteiger partial charge in [0.25, 0.3) is 0 Å². The van der Waals surface area contributed by atoms with Crippen molar-refractivity contribution in [1.82, 2.24) is 10.6 Å². The summed E-state index contributed by atoms with van der Waals surface area (Å²) in [4.78, 5) is 4.59. The molecule has 8 heteroatoms. The van der Waals surface area contributed by atoms with E-state index >= 15 is 0 Å². The van der Waals surface area contributed by atoms with Gasteiger partial charge >= 0.3 is 0 Å². The molecule has 1 aliphatic rings. The predicted octanol–water partition coefficient (Wildman–Crippen LogP) is 2.27. The van der Waals surface area contributed by atoms with Crippen molar-refractivity contribution in [3.63, 3.8) is 0 Å². The molecule has 2 rings (SSSR count). The molecule has 0 aliphatic heterocycles. The molecule has 0 heterocycles. The van der Waals surface area contributed by atoms with Gasteiger partial charge in [-0.15, -0.1) is 0 Å². The second kappa shape index (κ2) is 8.95. The lowest BCUT2D eigenvalue weighted by Gasteiger charge is -2.15. The van der Waals surface area contributed by atoms with Gasteiger partial charge in [0, 0.05) is 36.3 Å². The number of ether oxygens (including phenoxy) is 1. The zero-order valence-corrected chi connectivity index (χ0v) is 17.2. The van der Waals surface area contributed by atoms with Crippen LogP contribution in [0, 0.1) is 5.41 Å². The lowest BCUT2D eigenvalue weighted by molar-refractivity contribution is 0.414. The van der Waals surface area contributed by atoms with Crippen molar-refractivity contribution in [2.24, 2.45) is 10.4 Å². The third-order valence-corrected chi connectivity index (χ3v) is 5.88. The molecule has 0 bridgehead atoms. The Hall–Kier alpha value is -1.47. The van der Waals surface area contributed by atoms with Gasteiger partial charge in [-0.1, -0.05) is 17.7 Å². The second-order valence-electron chi connectivity index (χ2n) is 6.90. The number of hydrogen-bond acceptors (Lipinski definition) is 4. The molecular weight excluding hydrogens is 374 g/mol. The molecule has 0 radical (unpaired) electrons. The topological polar surface area (TPSA) is 79.8 Å². The fraction of sp³-hybridized carbons (Fsp3) is 0.611. The first-order valence-corrected chi connectivity index (χ1v) is 11.2. The lowest BCUT2D eigenvalue weighted by atomic mass is 10.1. The zero-order valence-electron chi connectivity index (χ0n) is 15.6. The summed E-state index contributed by atoms with van der Waals surface area (Å²) in [5, 5.41) is 7.17. The van der Waals surface area contributed by atoms with E-state index < -0.39 is 9.84 Å². The largest absolute Gasteiger partial charge is 0.497 e. The first kappa shape index (κ1) is 20.8. The van der Waals surface area contributed by atoms with Crippen LogP contribution < -0.4 is 15.4 Å². The molecule has 1 aromatic carbocycles. The molecule has 1 aliphatic carbocycles. The number of guanidine groups is 1. The number of nitrogens with zero attached hydrogens (tertiary/aromatic N) is 1. The van der Waals surface area contributed by atoms with Crippen LogP contribution in [-0.2, 0) is 16.3 Å². The Balaban J connectivity index is 1.90. The Bertz CT molecular complexity index is 746. The Kier molecular flexibility index (Phi) is 7.17. The number of halogens is 1. The quantitative estimate of drug-likeness (QED) is 0.490. The van der Waals surface area contributed by atoms with E-state index in [2.05, 4.69) is 15.6 Å². The minimum atomic E-state index is -2.98. The van der Waals surface area contributed by atoms with E-state index in [1.165, 1.54) is 6.26 Å². The Morgan fingerprint density at radius 3 is 2.62 bits per heavy atom. The average Bonchev–Trinajstić information content (AvgIpc) is 3.31. The molecule has 0 atom stereocenters. The van der Waals surface area contributed by atoms with E-state index in [-0.39, 0.29) is 11.2 Å². The standard InChI is InChI=1S/C18H28ClN3O3S/c1-4-20-17(22-12-18(8-9-18)13-26(3,23)24)21-10-7-14-5-6-15(25-2)11-16(14)19/h5-6,11H,4,7-10,12-13H2,1-3H3,(H2,20,21,22). The Labute approximate surface area is 161 Å². The molecule has 1 saturated carbocycles. The van der Waals surface area contributed by atoms with Crippen molar-refractivity contribution >= 4 is 27.4 Å². The summed E-state index contributed by atoms with van der Waals surface area (Å²) in [6, 6.07) is 5.65. The predicted molar refractivity (Wildman–Crippen MR) is 107 cm³/mol. The Morgan fingerprint density at radius 1 is 1.35 bits per heavy atom. The maximum Gasteiger partial charge on any atom is 0.191 e. The monoisotopic (exact) mass is 401 g/mol. The minimum absolute atomic E-state index is 0.171. The first-order valence-electron chi connectivity index (χ1n) is 8.79. The number of hydrogen-bond donors (Lipinski definition) is 2. The van der Waals surface area contributed by atoms with Crippen LogP contribution >= 0.6 is 11.6 Å². The van der Waals surface area contributed by atoms with Gasteiger partial charge < -0.3 is 15.4 Å². The van der Waals surface area contributed by atoms with Crippen molar-refractivity contribution in [2.45, 2.75) is 26.2 Å². The number of benzene rings is 1. The van der Waals surface area contributed by atoms with Crippen molar-refractivity contribution in [3.05, 3.63) is 28.8 Å². The average molecular weight is 402 g/mol. The second-order valence-corrected chi connectivity index (χ2v) is 9.45. The van der Waals surface area contributed by atoms with Crippen LogP contribution in [0.4, 0.5) is 0 Å². The van der Waals surface area contributed by atoms with Crippen LogP contribution in [0.1, 0.15) is 25.3 Å². The van der Waals surface area contributed by atoms with Crippen LogP contribution in [-0.4, -0.2) is 53.1 Å². The third-order valence-electron chi connectivity index (χ3n) is 4.39. The SMILES string of the molecule is CCNC(=NCC1(CS(C)(=O)=O)CC1)NCCc1ccc(OC)cc1Cl. The van der Waals surface area contributed by atoms with Gasteiger partial charge in [0.05, 0.1) is 12.9 Å². The van der Waals surface area contributed by atoms with Crippen molar-refractivity contribution in [3.8, 4) is 5.75 Å². The highest BCUT2D eigenvalue weighted by molar-refractivity contribution is 7.90. The maximum absolute atomic E-state index is 11.6. The molecule has 0 saturated heterocycles. The van der Waals surface area contributed by atoms with Gasteiger partial charge in [-0.2, -0.15) is 0 Å². The highest BCUT2D eigenvalue weighted by Gasteiger charge is 2.45. The molecule has 26 heavy (non-hydrogen) atoms. The van der Waals surface area contributed by atoms with Crippen molar-refractivity contribution in [2.75, 3.05) is 38.8 Å². The van der Waals surface area contributed by atoms with E-state index in [0.29, 0.717) is 24.1 Å². The molecule has 146 valence electrons. The molecule has 1 fully saturated rings. The highest BCUT2D eigenvalue weighted by Crippen LogP contribution is 2.46. The number of methoxy groups -OCH3 is 1. The smallest absolute Gasteiger partial charge is 0.191 e. The Morgan fingerprint density at radius 2 is 2.08 bits per heavy atom. The first-order chi connectivity index (χ1) is 12.3. The van der Waals surface area contributed by atoms with Gasteiger partial charge in [-0.3, -0.25) is 4.99 Å². The van der Waals surface area contributed by atoms with E-state index in [1.54, 1.807) is 13.2 Å². The highest BCUT2D eigenvalue weighted by atomic mass is 35.5. The number of rotatable bonds is 9. The van der Waals surface area contributed by atoms with Crippen LogP contribution in [0.5, 0.6) is 5.75 Å². The summed E-state index contributed by atoms with van der Waals surface area (Å²) >= 11 is 6.26. The van der Waals surface area contributed by atoms with Crippen molar-refractivity contribution < 1.29 is 13.2 Å². The van der Waals surface area contributed by atoms with E-state index in [1.807, 2.05) is 19.1 Å². The van der Waals surface area contributed by atoms with Crippen LogP contribution in [0.3, 0.4) is 0 Å². The van der Waals surface area contributed by atoms with Crippen LogP contribution in [0.25, 0.3) is 0 Å². The lowest BCUT2D eigenvalue weighted by Crippen LogP contribution is -2.39. The minimum Gasteiger partial charge on any atom is -0.497 e. The van der Waals surface area contributed by atoms with Gasteiger partial charge in [-0.25, -0.2) is 8.42 Å². The molecule has 0 aromatic heterocycles. The molecule has 0 unspecified atom stereocenters. The molecule has 0 spiro atoms. The van der Waals surface area contributed by atoms with Gasteiger partial charge in [0.1, 0.15) is 15.6 Å². The number of aliphatic imine (C=N–C) groups is 1. The van der Waals surface area contributed by atoms with Gasteiger partial charge in [0.2, 0.25) is 0 Å². The zero-order chi connectivity index (χ0) is 19.2. The molecule has 2 N–H and O–H groups in total. The fourth-order valence-corrected chi connectivity index (χ4v) is 4.60. The summed E-state index contributed by atoms with van der Waals surface area (Å²) in [5.74, 6) is 1.66. The van der Waals surface area contributed by atoms with E-state index in [0.717, 1.165) is 37.1 Å². The summed E-state index contributed by atoms with van der Waals surface area (Å²) in [6.07, 6.45) is 3.88. The fourth-order valence-electron chi connectivity index (χ4n) is 2.84. The maximum atomic E-state index is 11.6. The van der Waals surface area contributed by atoms with E-state index in [9.17, 15) is 8.42 Å². The molecule has 0 amide bonds. The molecule has 1 aromatic rings. The summed E-state index contributed by atoms with van der Waals surface area (Å²) in [5.41, 5.74) is 0.862. The van der Waals surface area contributed by atoms with E-state index in [4.69, 9.17) is 16.3 Å². The molecule has 6 nitrogen and oxygen atoms in total. The summed E-state index contributed by atoms with van der Waals surface area (Å²) < 4.78 is 28.3. The van der Waals surface area contributed by atoms with Gasteiger partial charge in [0.15, 0.2) is 5.96 Å². The number of sulfone groups is 1. The van der Waals surface area contributed by atoms with Gasteiger partial charge in [-0.05, 0) is 43.9 Å². The molecular formula is C18H28ClN3O3S. The summed E-state index contributed by atoms with van der Waals surface area (Å²) in [6.45, 7) is 3.95. The summed E-state index contributed by atoms with van der Waals surface area (Å²) in [7, 11) is -1.36. The number of nitrogens with one attached hydrogen (secondary N) is 2. The normalized spacial score (nSPS) is 16.2. The van der Waals surface area contributed by atoms with Crippen molar-refractivity contribution in [1.29, 1.82) is 0 Å². The van der Waals surface area contributed by atoms with Crippen LogP contribution in [0.2, 0.25) is 5.02 Å².